The molecule has 0 spiro atoms. The van der Waals surface area contributed by atoms with Crippen molar-refractivity contribution in [2.75, 3.05) is 6.61 Å². The zero-order valence-electron chi connectivity index (χ0n) is 19.9. The molecule has 6 rings (SSSR count). The lowest BCUT2D eigenvalue weighted by Crippen LogP contribution is -2.53. The van der Waals surface area contributed by atoms with Crippen LogP contribution >= 0.6 is 0 Å². The van der Waals surface area contributed by atoms with Gasteiger partial charge in [0.2, 0.25) is 0 Å². The molecule has 0 aliphatic carbocycles. The molecule has 0 radical (unpaired) electrons. The molecule has 2 aromatic carbocycles. The standard InChI is InChI=1S/C25H20F3N7O4/c26-16-6-13(7-17(27)20(16)28)18-9-35(33-31-18)21-22(37)19(10-36)39-24(23(21)38)25-32-30-11-34(25)15-2-1-12-3-4-29-8-14(12)5-15/h1-9,11,19,21-24,36-38H,10H2/t19-,21+,22+,23-,24-/m1/s1. The first-order valence-electron chi connectivity index (χ1n) is 11.8. The van der Waals surface area contributed by atoms with E-state index in [4.69, 9.17) is 4.74 Å². The minimum Gasteiger partial charge on any atom is -0.394 e. The number of fused-ring (bicyclic) bond motifs is 1. The van der Waals surface area contributed by atoms with Crippen LogP contribution in [0.25, 0.3) is 27.7 Å². The predicted octanol–water partition coefficient (Wildman–Crippen LogP) is 1.89. The second kappa shape index (κ2) is 9.81. The Morgan fingerprint density at radius 2 is 1.74 bits per heavy atom. The summed E-state index contributed by atoms with van der Waals surface area (Å²) >= 11 is 0. The molecule has 4 heterocycles. The van der Waals surface area contributed by atoms with Gasteiger partial charge in [0.05, 0.1) is 12.8 Å². The maximum Gasteiger partial charge on any atom is 0.194 e. The molecule has 5 aromatic rings. The number of benzene rings is 2. The van der Waals surface area contributed by atoms with E-state index < -0.39 is 54.5 Å². The van der Waals surface area contributed by atoms with Gasteiger partial charge < -0.3 is 20.1 Å². The highest BCUT2D eigenvalue weighted by molar-refractivity contribution is 5.83. The Labute approximate surface area is 217 Å². The van der Waals surface area contributed by atoms with E-state index in [1.807, 2.05) is 24.3 Å². The van der Waals surface area contributed by atoms with Gasteiger partial charge in [0.15, 0.2) is 23.3 Å². The van der Waals surface area contributed by atoms with E-state index in [2.05, 4.69) is 25.5 Å². The molecular weight excluding hydrogens is 519 g/mol. The van der Waals surface area contributed by atoms with Gasteiger partial charge in [-0.2, -0.15) is 0 Å². The summed E-state index contributed by atoms with van der Waals surface area (Å²) in [6.45, 7) is -0.605. The predicted molar refractivity (Wildman–Crippen MR) is 128 cm³/mol. The van der Waals surface area contributed by atoms with Crippen molar-refractivity contribution >= 4 is 10.8 Å². The van der Waals surface area contributed by atoms with Gasteiger partial charge in [-0.05, 0) is 35.7 Å². The van der Waals surface area contributed by atoms with Gasteiger partial charge in [-0.1, -0.05) is 11.3 Å². The minimum atomic E-state index is -1.62. The Kier molecular flexibility index (Phi) is 6.31. The molecule has 3 aromatic heterocycles. The molecule has 5 atom stereocenters. The van der Waals surface area contributed by atoms with E-state index in [-0.39, 0.29) is 17.1 Å². The lowest BCUT2D eigenvalue weighted by molar-refractivity contribution is -0.210. The Morgan fingerprint density at radius 1 is 0.949 bits per heavy atom. The first-order valence-corrected chi connectivity index (χ1v) is 11.8. The molecule has 1 fully saturated rings. The van der Waals surface area contributed by atoms with Crippen molar-refractivity contribution in [1.82, 2.24) is 34.7 Å². The van der Waals surface area contributed by atoms with E-state index in [1.54, 1.807) is 17.0 Å². The zero-order chi connectivity index (χ0) is 27.3. The van der Waals surface area contributed by atoms with Crippen LogP contribution in [0.5, 0.6) is 0 Å². The molecule has 14 heteroatoms. The third-order valence-corrected chi connectivity index (χ3v) is 6.72. The molecule has 1 saturated heterocycles. The van der Waals surface area contributed by atoms with Crippen LogP contribution in [0.3, 0.4) is 0 Å². The highest BCUT2D eigenvalue weighted by Crippen LogP contribution is 2.38. The maximum atomic E-state index is 13.8. The van der Waals surface area contributed by atoms with Gasteiger partial charge in [0.1, 0.15) is 42.5 Å². The summed E-state index contributed by atoms with van der Waals surface area (Å²) in [6.07, 6.45) is 0.758. The van der Waals surface area contributed by atoms with Gasteiger partial charge in [-0.15, -0.1) is 15.3 Å². The van der Waals surface area contributed by atoms with Gasteiger partial charge >= 0.3 is 0 Å². The number of pyridine rings is 1. The third kappa shape index (κ3) is 4.32. The van der Waals surface area contributed by atoms with Crippen molar-refractivity contribution in [3.05, 3.63) is 84.6 Å². The lowest BCUT2D eigenvalue weighted by Gasteiger charge is -2.41. The van der Waals surface area contributed by atoms with Crippen molar-refractivity contribution in [1.29, 1.82) is 0 Å². The van der Waals surface area contributed by atoms with Crippen molar-refractivity contribution < 1.29 is 33.2 Å². The van der Waals surface area contributed by atoms with E-state index in [0.29, 0.717) is 5.69 Å². The molecule has 39 heavy (non-hydrogen) atoms. The van der Waals surface area contributed by atoms with Gasteiger partial charge in [-0.25, -0.2) is 17.9 Å². The van der Waals surface area contributed by atoms with Crippen LogP contribution in [0.1, 0.15) is 18.0 Å². The summed E-state index contributed by atoms with van der Waals surface area (Å²) in [5.41, 5.74) is 0.510. The molecule has 0 unspecified atom stereocenters. The Bertz CT molecular complexity index is 1640. The number of ether oxygens (including phenoxy) is 1. The fraction of sp³-hybridized carbons (Fsp3) is 0.240. The summed E-state index contributed by atoms with van der Waals surface area (Å²) in [4.78, 5) is 4.13. The summed E-state index contributed by atoms with van der Waals surface area (Å²) in [5, 5.41) is 49.9. The van der Waals surface area contributed by atoms with Crippen LogP contribution in [0.15, 0.2) is 61.3 Å². The highest BCUT2D eigenvalue weighted by atomic mass is 19.2. The SMILES string of the molecule is OC[C@H]1O[C@@H](c2nncn2-c2ccc3ccncc3c2)[C@H](O)[C@@H](n2cc(-c3cc(F)c(F)c(F)c3)nn2)[C@H]1O. The average Bonchev–Trinajstić information content (AvgIpc) is 3.62. The number of halogens is 3. The summed E-state index contributed by atoms with van der Waals surface area (Å²) < 4.78 is 49.5. The molecule has 3 N–H and O–H groups in total. The van der Waals surface area contributed by atoms with Crippen LogP contribution in [0.4, 0.5) is 13.2 Å². The Morgan fingerprint density at radius 3 is 2.51 bits per heavy atom. The van der Waals surface area contributed by atoms with Crippen LogP contribution in [0, 0.1) is 17.5 Å². The van der Waals surface area contributed by atoms with Crippen LogP contribution in [0.2, 0.25) is 0 Å². The summed E-state index contributed by atoms with van der Waals surface area (Å²) in [7, 11) is 0. The lowest BCUT2D eigenvalue weighted by atomic mass is 9.92. The smallest absolute Gasteiger partial charge is 0.194 e. The number of hydrogen-bond donors (Lipinski definition) is 3. The molecular formula is C25H20F3N7O4. The topological polar surface area (TPSA) is 144 Å². The Balaban J connectivity index is 1.37. The van der Waals surface area contributed by atoms with Gasteiger partial charge in [-0.3, -0.25) is 9.55 Å². The number of nitrogens with zero attached hydrogens (tertiary/aromatic N) is 7. The number of aromatic nitrogens is 7. The summed E-state index contributed by atoms with van der Waals surface area (Å²) in [5.74, 6) is -4.25. The molecule has 200 valence electrons. The van der Waals surface area contributed by atoms with Crippen molar-refractivity contribution in [3.8, 4) is 16.9 Å². The van der Waals surface area contributed by atoms with E-state index >= 15 is 0 Å². The number of aliphatic hydroxyl groups excluding tert-OH is 3. The van der Waals surface area contributed by atoms with Crippen LogP contribution < -0.4 is 0 Å². The molecule has 11 nitrogen and oxygen atoms in total. The first-order chi connectivity index (χ1) is 18.9. The van der Waals surface area contributed by atoms with Crippen LogP contribution in [-0.4, -0.2) is 75.0 Å². The van der Waals surface area contributed by atoms with E-state index in [9.17, 15) is 28.5 Å². The van der Waals surface area contributed by atoms with Gasteiger partial charge in [0.25, 0.3) is 0 Å². The maximum absolute atomic E-state index is 13.8. The molecule has 0 bridgehead atoms. The molecule has 0 amide bonds. The quantitative estimate of drug-likeness (QED) is 0.285. The minimum absolute atomic E-state index is 0.0382. The summed E-state index contributed by atoms with van der Waals surface area (Å²) in [6, 6.07) is 7.71. The third-order valence-electron chi connectivity index (χ3n) is 6.72. The zero-order valence-corrected chi connectivity index (χ0v) is 19.9. The first kappa shape index (κ1) is 25.1. The highest BCUT2D eigenvalue weighted by Gasteiger charge is 2.48. The monoisotopic (exact) mass is 539 g/mol. The number of aliphatic hydroxyl groups is 3. The second-order valence-electron chi connectivity index (χ2n) is 9.05. The van der Waals surface area contributed by atoms with E-state index in [0.717, 1.165) is 27.6 Å². The molecule has 1 aliphatic heterocycles. The van der Waals surface area contributed by atoms with Crippen molar-refractivity contribution in [3.63, 3.8) is 0 Å². The largest absolute Gasteiger partial charge is 0.394 e. The van der Waals surface area contributed by atoms with Crippen molar-refractivity contribution in [2.45, 2.75) is 30.5 Å². The molecule has 1 aliphatic rings. The second-order valence-corrected chi connectivity index (χ2v) is 9.05. The normalized spacial score (nSPS) is 23.4. The number of hydrogen-bond acceptors (Lipinski definition) is 9. The number of rotatable bonds is 5. The average molecular weight is 539 g/mol. The van der Waals surface area contributed by atoms with Crippen molar-refractivity contribution in [2.24, 2.45) is 0 Å². The Hall–Kier alpha value is -4.24. The van der Waals surface area contributed by atoms with E-state index in [1.165, 1.54) is 12.5 Å². The molecule has 0 saturated carbocycles. The van der Waals surface area contributed by atoms with Gasteiger partial charge in [0, 0.05) is 29.0 Å². The van der Waals surface area contributed by atoms with Crippen LogP contribution in [-0.2, 0) is 4.74 Å². The fourth-order valence-electron chi connectivity index (χ4n) is 4.75. The fourth-order valence-corrected chi connectivity index (χ4v) is 4.75.